The molecule has 0 aromatic carbocycles. The van der Waals surface area contributed by atoms with Gasteiger partial charge in [0, 0.05) is 18.6 Å². The van der Waals surface area contributed by atoms with Crippen LogP contribution in [-0.2, 0) is 0 Å². The van der Waals surface area contributed by atoms with Gasteiger partial charge in [-0.25, -0.2) is 0 Å². The van der Waals surface area contributed by atoms with Gasteiger partial charge in [0.15, 0.2) is 0 Å². The van der Waals surface area contributed by atoms with Gasteiger partial charge in [-0.3, -0.25) is 9.29 Å². The van der Waals surface area contributed by atoms with Crippen LogP contribution in [0.5, 0.6) is 0 Å². The molecule has 1 aliphatic rings. The molecule has 0 aromatic heterocycles. The Morgan fingerprint density at radius 2 is 2.00 bits per heavy atom. The number of nitrogens with zero attached hydrogens (tertiary/aromatic N) is 1. The molecule has 3 heteroatoms. The quantitative estimate of drug-likeness (QED) is 0.713. The molecule has 0 amide bonds. The Morgan fingerprint density at radius 1 is 1.36 bits per heavy atom. The van der Waals surface area contributed by atoms with Crippen molar-refractivity contribution in [3.63, 3.8) is 0 Å². The third kappa shape index (κ3) is 2.45. The Kier molecular flexibility index (Phi) is 4.82. The summed E-state index contributed by atoms with van der Waals surface area (Å²) in [4.78, 5) is 2.39. The van der Waals surface area contributed by atoms with Crippen LogP contribution in [0.15, 0.2) is 0 Å². The van der Waals surface area contributed by atoms with Crippen molar-refractivity contribution < 1.29 is 4.39 Å². The molecule has 0 radical (unpaired) electrons. The lowest BCUT2D eigenvalue weighted by Gasteiger charge is -2.40. The maximum atomic E-state index is 12.1. The summed E-state index contributed by atoms with van der Waals surface area (Å²) in [6.07, 6.45) is 5.61. The van der Waals surface area contributed by atoms with E-state index in [0.717, 1.165) is 19.6 Å². The predicted molar refractivity (Wildman–Crippen MR) is 58.1 cm³/mol. The summed E-state index contributed by atoms with van der Waals surface area (Å²) < 4.78 is 12.1. The molecule has 0 heterocycles. The molecule has 84 valence electrons. The van der Waals surface area contributed by atoms with Gasteiger partial charge in [0.1, 0.15) is 0 Å². The van der Waals surface area contributed by atoms with Crippen LogP contribution in [0.4, 0.5) is 4.39 Å². The molecule has 2 nitrogen and oxygen atoms in total. The second-order valence-electron chi connectivity index (χ2n) is 4.26. The SMILES string of the molecule is CCN(CCCF)C1(CN)CCCC1. The van der Waals surface area contributed by atoms with Crippen LogP contribution >= 0.6 is 0 Å². The van der Waals surface area contributed by atoms with Crippen LogP contribution < -0.4 is 5.73 Å². The first-order valence-electron chi connectivity index (χ1n) is 5.80. The zero-order chi connectivity index (χ0) is 10.4. The van der Waals surface area contributed by atoms with E-state index in [1.165, 1.54) is 25.7 Å². The molecule has 1 aliphatic carbocycles. The number of likely N-dealkylation sites (N-methyl/N-ethyl adjacent to an activating group) is 1. The van der Waals surface area contributed by atoms with Gasteiger partial charge in [0.05, 0.1) is 6.67 Å². The summed E-state index contributed by atoms with van der Waals surface area (Å²) in [6.45, 7) is 4.53. The monoisotopic (exact) mass is 202 g/mol. The number of alkyl halides is 1. The van der Waals surface area contributed by atoms with Crippen molar-refractivity contribution in [1.82, 2.24) is 4.90 Å². The molecule has 0 bridgehead atoms. The van der Waals surface area contributed by atoms with Crippen molar-refractivity contribution in [3.8, 4) is 0 Å². The first-order chi connectivity index (χ1) is 6.79. The minimum absolute atomic E-state index is 0.198. The van der Waals surface area contributed by atoms with E-state index in [1.807, 2.05) is 0 Å². The Bertz CT molecular complexity index is 155. The van der Waals surface area contributed by atoms with Crippen LogP contribution in [-0.4, -0.2) is 36.7 Å². The summed E-state index contributed by atoms with van der Waals surface area (Å²) in [5.41, 5.74) is 6.08. The third-order valence-corrected chi connectivity index (χ3v) is 3.53. The zero-order valence-electron chi connectivity index (χ0n) is 9.27. The fourth-order valence-electron chi connectivity index (χ4n) is 2.66. The van der Waals surface area contributed by atoms with Crippen molar-refractivity contribution in [3.05, 3.63) is 0 Å². The minimum atomic E-state index is -0.211. The maximum absolute atomic E-state index is 12.1. The number of halogens is 1. The van der Waals surface area contributed by atoms with Crippen molar-refractivity contribution in [1.29, 1.82) is 0 Å². The third-order valence-electron chi connectivity index (χ3n) is 3.53. The highest BCUT2D eigenvalue weighted by atomic mass is 19.1. The Hall–Kier alpha value is -0.150. The minimum Gasteiger partial charge on any atom is -0.329 e. The Labute approximate surface area is 86.6 Å². The molecule has 0 aliphatic heterocycles. The molecule has 1 saturated carbocycles. The highest BCUT2D eigenvalue weighted by molar-refractivity contribution is 4.95. The largest absolute Gasteiger partial charge is 0.329 e. The van der Waals surface area contributed by atoms with Gasteiger partial charge in [0.2, 0.25) is 0 Å². The first-order valence-corrected chi connectivity index (χ1v) is 5.80. The number of hydrogen-bond acceptors (Lipinski definition) is 2. The van der Waals surface area contributed by atoms with Gasteiger partial charge < -0.3 is 5.73 Å². The molecule has 0 aromatic rings. The van der Waals surface area contributed by atoms with Crippen LogP contribution in [0.1, 0.15) is 39.0 Å². The summed E-state index contributed by atoms with van der Waals surface area (Å²) in [6, 6.07) is 0. The molecular formula is C11H23FN2. The number of nitrogens with two attached hydrogens (primary N) is 1. The standard InChI is InChI=1S/C11H23FN2/c1-2-14(9-5-8-12)11(10-13)6-3-4-7-11/h2-10,13H2,1H3. The van der Waals surface area contributed by atoms with Crippen molar-refractivity contribution in [2.24, 2.45) is 5.73 Å². The van der Waals surface area contributed by atoms with E-state index < -0.39 is 0 Å². The normalized spacial score (nSPS) is 20.6. The molecular weight excluding hydrogens is 179 g/mol. The molecule has 1 rings (SSSR count). The van der Waals surface area contributed by atoms with Crippen LogP contribution in [0.3, 0.4) is 0 Å². The second-order valence-corrected chi connectivity index (χ2v) is 4.26. The van der Waals surface area contributed by atoms with E-state index in [9.17, 15) is 4.39 Å². The summed E-state index contributed by atoms with van der Waals surface area (Å²) >= 11 is 0. The second kappa shape index (κ2) is 5.66. The van der Waals surface area contributed by atoms with E-state index in [1.54, 1.807) is 0 Å². The van der Waals surface area contributed by atoms with Gasteiger partial charge in [-0.2, -0.15) is 0 Å². The first kappa shape index (κ1) is 11.9. The topological polar surface area (TPSA) is 29.3 Å². The highest BCUT2D eigenvalue weighted by Gasteiger charge is 2.36. The van der Waals surface area contributed by atoms with E-state index in [0.29, 0.717) is 6.42 Å². The highest BCUT2D eigenvalue weighted by Crippen LogP contribution is 2.34. The van der Waals surface area contributed by atoms with Gasteiger partial charge in [0.25, 0.3) is 0 Å². The zero-order valence-corrected chi connectivity index (χ0v) is 9.27. The Morgan fingerprint density at radius 3 is 2.43 bits per heavy atom. The lowest BCUT2D eigenvalue weighted by molar-refractivity contribution is 0.101. The van der Waals surface area contributed by atoms with Crippen molar-refractivity contribution >= 4 is 0 Å². The fourth-order valence-corrected chi connectivity index (χ4v) is 2.66. The molecule has 0 saturated heterocycles. The lowest BCUT2D eigenvalue weighted by Crippen LogP contribution is -2.52. The maximum Gasteiger partial charge on any atom is 0.0906 e. The van der Waals surface area contributed by atoms with Gasteiger partial charge in [-0.15, -0.1) is 0 Å². The van der Waals surface area contributed by atoms with Crippen LogP contribution in [0.2, 0.25) is 0 Å². The average Bonchev–Trinajstić information content (AvgIpc) is 2.69. The Balaban J connectivity index is 2.54. The van der Waals surface area contributed by atoms with Gasteiger partial charge in [-0.05, 0) is 25.8 Å². The molecule has 0 atom stereocenters. The molecule has 0 unspecified atom stereocenters. The molecule has 14 heavy (non-hydrogen) atoms. The summed E-state index contributed by atoms with van der Waals surface area (Å²) in [5, 5.41) is 0. The number of rotatable bonds is 6. The molecule has 2 N–H and O–H groups in total. The van der Waals surface area contributed by atoms with Crippen molar-refractivity contribution in [2.45, 2.75) is 44.6 Å². The van der Waals surface area contributed by atoms with E-state index >= 15 is 0 Å². The van der Waals surface area contributed by atoms with E-state index in [-0.39, 0.29) is 12.2 Å². The molecule has 0 spiro atoms. The van der Waals surface area contributed by atoms with Crippen molar-refractivity contribution in [2.75, 3.05) is 26.3 Å². The average molecular weight is 202 g/mol. The van der Waals surface area contributed by atoms with Gasteiger partial charge in [-0.1, -0.05) is 19.8 Å². The van der Waals surface area contributed by atoms with Crippen LogP contribution in [0, 0.1) is 0 Å². The predicted octanol–water partition coefficient (Wildman–Crippen LogP) is 1.94. The summed E-state index contributed by atoms with van der Waals surface area (Å²) in [5.74, 6) is 0. The number of hydrogen-bond donors (Lipinski definition) is 1. The van der Waals surface area contributed by atoms with Crippen LogP contribution in [0.25, 0.3) is 0 Å². The van der Waals surface area contributed by atoms with Gasteiger partial charge >= 0.3 is 0 Å². The molecule has 1 fully saturated rings. The van der Waals surface area contributed by atoms with E-state index in [4.69, 9.17) is 5.73 Å². The fraction of sp³-hybridized carbons (Fsp3) is 1.00. The lowest BCUT2D eigenvalue weighted by atomic mass is 9.95. The van der Waals surface area contributed by atoms with E-state index in [2.05, 4.69) is 11.8 Å². The summed E-state index contributed by atoms with van der Waals surface area (Å²) in [7, 11) is 0. The smallest absolute Gasteiger partial charge is 0.0906 e.